The van der Waals surface area contributed by atoms with E-state index < -0.39 is 22.6 Å². The van der Waals surface area contributed by atoms with Crippen molar-refractivity contribution in [2.75, 3.05) is 31.2 Å². The first-order valence-electron chi connectivity index (χ1n) is 12.9. The predicted octanol–water partition coefficient (Wildman–Crippen LogP) is 3.17. The Labute approximate surface area is 216 Å². The maximum absolute atomic E-state index is 14.4. The van der Waals surface area contributed by atoms with Crippen LogP contribution in [0.15, 0.2) is 42.5 Å². The number of carbonyl (C=O) groups is 3. The number of hydrogen-bond donors (Lipinski definition) is 1. The first kappa shape index (κ1) is 25.1. The van der Waals surface area contributed by atoms with Gasteiger partial charge in [-0.25, -0.2) is 0 Å². The lowest BCUT2D eigenvalue weighted by Crippen LogP contribution is -2.53. The summed E-state index contributed by atoms with van der Waals surface area (Å²) in [5.41, 5.74) is 2.88. The van der Waals surface area contributed by atoms with E-state index in [0.717, 1.165) is 29.7 Å². The number of aryl methyl sites for hydroxylation is 2. The molecule has 4 aliphatic heterocycles. The second-order valence-electron chi connectivity index (χ2n) is 10.1. The number of unbranched alkanes of at least 4 members (excludes halogenated alkanes) is 1. The fraction of sp³-hybridized carbons (Fsp3) is 0.536. The summed E-state index contributed by atoms with van der Waals surface area (Å²) in [4.78, 5) is 45.3. The predicted molar refractivity (Wildman–Crippen MR) is 140 cm³/mol. The molecule has 36 heavy (non-hydrogen) atoms. The van der Waals surface area contributed by atoms with Gasteiger partial charge in [0.1, 0.15) is 6.04 Å². The molecule has 4 heterocycles. The zero-order valence-corrected chi connectivity index (χ0v) is 21.7. The molecule has 0 saturated carbocycles. The normalized spacial score (nSPS) is 32.7. The Hall–Kier alpha value is -2.58. The van der Waals surface area contributed by atoms with E-state index >= 15 is 0 Å². The highest BCUT2D eigenvalue weighted by Crippen LogP contribution is 2.61. The van der Waals surface area contributed by atoms with Crippen LogP contribution in [0.25, 0.3) is 0 Å². The third-order valence-electron chi connectivity index (χ3n) is 7.87. The number of nitrogens with zero attached hydrogens (tertiary/aromatic N) is 2. The van der Waals surface area contributed by atoms with Crippen LogP contribution in [-0.4, -0.2) is 70.1 Å². The number of ether oxygens (including phenoxy) is 1. The minimum atomic E-state index is -0.851. The van der Waals surface area contributed by atoms with Crippen molar-refractivity contribution >= 4 is 35.2 Å². The van der Waals surface area contributed by atoms with Gasteiger partial charge in [0.25, 0.3) is 5.91 Å². The van der Waals surface area contributed by atoms with Crippen molar-refractivity contribution < 1.29 is 24.2 Å². The number of allylic oxidation sites excluding steroid dienone is 1. The summed E-state index contributed by atoms with van der Waals surface area (Å²) in [6, 6.07) is 5.25. The van der Waals surface area contributed by atoms with Crippen LogP contribution in [0.3, 0.4) is 0 Å². The summed E-state index contributed by atoms with van der Waals surface area (Å²) < 4.78 is 4.76. The third-order valence-corrected chi connectivity index (χ3v) is 9.61. The number of likely N-dealkylation sites (tertiary alicyclic amines) is 1. The number of fused-ring (bicyclic) bond motifs is 2. The Morgan fingerprint density at radius 2 is 1.89 bits per heavy atom. The number of aliphatic hydroxyl groups is 1. The molecule has 5 rings (SSSR count). The van der Waals surface area contributed by atoms with E-state index in [-0.39, 0.29) is 29.6 Å². The number of cyclic esters (lactones) is 1. The smallest absolute Gasteiger partial charge is 0.311 e. The summed E-state index contributed by atoms with van der Waals surface area (Å²) in [5.74, 6) is -1.93. The van der Waals surface area contributed by atoms with Crippen molar-refractivity contribution in [3.63, 3.8) is 0 Å². The number of para-hydroxylation sites is 1. The minimum Gasteiger partial charge on any atom is -0.465 e. The topological polar surface area (TPSA) is 87.2 Å². The van der Waals surface area contributed by atoms with Crippen molar-refractivity contribution in [2.45, 2.75) is 55.6 Å². The van der Waals surface area contributed by atoms with Crippen LogP contribution in [0.5, 0.6) is 0 Å². The molecule has 2 saturated heterocycles. The molecule has 1 aromatic rings. The van der Waals surface area contributed by atoms with E-state index in [0.29, 0.717) is 32.5 Å². The quantitative estimate of drug-likeness (QED) is 0.372. The van der Waals surface area contributed by atoms with Crippen molar-refractivity contribution in [3.05, 3.63) is 53.6 Å². The van der Waals surface area contributed by atoms with Crippen molar-refractivity contribution in [1.29, 1.82) is 0 Å². The molecule has 1 N–H and O–H groups in total. The average molecular weight is 511 g/mol. The van der Waals surface area contributed by atoms with E-state index in [2.05, 4.69) is 6.08 Å². The van der Waals surface area contributed by atoms with Gasteiger partial charge in [-0.3, -0.25) is 14.4 Å². The summed E-state index contributed by atoms with van der Waals surface area (Å²) >= 11 is 1.57. The largest absolute Gasteiger partial charge is 0.465 e. The number of thioether (sulfide) groups is 1. The molecule has 0 radical (unpaired) electrons. The molecule has 4 aliphatic rings. The van der Waals surface area contributed by atoms with E-state index in [9.17, 15) is 19.5 Å². The highest BCUT2D eigenvalue weighted by molar-refractivity contribution is 8.02. The maximum Gasteiger partial charge on any atom is 0.311 e. The Bertz CT molecular complexity index is 1100. The van der Waals surface area contributed by atoms with Crippen molar-refractivity contribution in [1.82, 2.24) is 4.90 Å². The molecule has 8 heteroatoms. The van der Waals surface area contributed by atoms with E-state index in [4.69, 9.17) is 4.74 Å². The third kappa shape index (κ3) is 3.98. The highest BCUT2D eigenvalue weighted by atomic mass is 32.2. The average Bonchev–Trinajstić information content (AvgIpc) is 3.25. The SMILES string of the molecule is Cc1cccc(C)c1N1CC=C[C@]23S[C@@H]4/C=C\CCCOC(=O)[C@@H]4[C@H]2C(=O)N(CCCCO)C3C1=O. The molecular weight excluding hydrogens is 476 g/mol. The first-order chi connectivity index (χ1) is 17.4. The van der Waals surface area contributed by atoms with Gasteiger partial charge >= 0.3 is 5.97 Å². The fourth-order valence-electron chi connectivity index (χ4n) is 6.32. The van der Waals surface area contributed by atoms with Gasteiger partial charge in [0.15, 0.2) is 0 Å². The maximum atomic E-state index is 14.4. The van der Waals surface area contributed by atoms with Gasteiger partial charge in [-0.2, -0.15) is 0 Å². The molecule has 5 atom stereocenters. The number of carbonyl (C=O) groups excluding carboxylic acids is 3. The van der Waals surface area contributed by atoms with Gasteiger partial charge in [-0.15, -0.1) is 11.8 Å². The lowest BCUT2D eigenvalue weighted by Gasteiger charge is -2.36. The van der Waals surface area contributed by atoms with Gasteiger partial charge in [-0.05, 0) is 50.7 Å². The molecule has 7 nitrogen and oxygen atoms in total. The first-order valence-corrected chi connectivity index (χ1v) is 13.8. The van der Waals surface area contributed by atoms with Gasteiger partial charge in [0, 0.05) is 30.6 Å². The van der Waals surface area contributed by atoms with Crippen LogP contribution in [0, 0.1) is 25.7 Å². The Kier molecular flexibility index (Phi) is 7.01. The summed E-state index contributed by atoms with van der Waals surface area (Å²) in [6.07, 6.45) is 10.9. The molecule has 0 bridgehead atoms. The van der Waals surface area contributed by atoms with E-state index in [1.807, 2.05) is 50.3 Å². The standard InChI is InChI=1S/C28H34N2O5S/c1-18-10-8-11-19(2)23(18)29-15-9-13-28-22(21-20(36-28)12-4-3-7-17-35-27(21)34)25(32)30(14-5-6-16-31)24(28)26(29)33/h4,8-13,20-22,24,31H,3,5-7,14-17H2,1-2H3/b12-4-/t20-,21+,22+,24?,28+/m1/s1. The lowest BCUT2D eigenvalue weighted by molar-refractivity contribution is -0.153. The molecule has 0 aromatic heterocycles. The number of hydrogen-bond acceptors (Lipinski definition) is 6. The monoisotopic (exact) mass is 510 g/mol. The number of amides is 2. The van der Waals surface area contributed by atoms with E-state index in [1.54, 1.807) is 21.6 Å². The molecule has 1 aromatic carbocycles. The molecule has 192 valence electrons. The summed E-state index contributed by atoms with van der Waals surface area (Å²) in [7, 11) is 0. The van der Waals surface area contributed by atoms with Crippen LogP contribution in [0.1, 0.15) is 36.8 Å². The fourth-order valence-corrected chi connectivity index (χ4v) is 8.32. The van der Waals surface area contributed by atoms with E-state index in [1.165, 1.54) is 0 Å². The van der Waals surface area contributed by atoms with Gasteiger partial charge in [0.05, 0.1) is 23.2 Å². The number of rotatable bonds is 5. The molecule has 0 aliphatic carbocycles. The molecular formula is C28H34N2O5S. The van der Waals surface area contributed by atoms with Gasteiger partial charge in [0.2, 0.25) is 5.91 Å². The molecule has 2 amide bonds. The highest BCUT2D eigenvalue weighted by Gasteiger charge is 2.70. The number of esters is 1. The van der Waals surface area contributed by atoms with Crippen LogP contribution in [0.4, 0.5) is 5.69 Å². The summed E-state index contributed by atoms with van der Waals surface area (Å²) in [5, 5.41) is 9.13. The molecule has 2 fully saturated rings. The molecule has 1 unspecified atom stereocenters. The van der Waals surface area contributed by atoms with Crippen LogP contribution >= 0.6 is 11.8 Å². The van der Waals surface area contributed by atoms with Crippen LogP contribution in [0.2, 0.25) is 0 Å². The zero-order chi connectivity index (χ0) is 25.4. The number of aliphatic hydroxyl groups excluding tert-OH is 1. The second-order valence-corrected chi connectivity index (χ2v) is 11.6. The summed E-state index contributed by atoms with van der Waals surface area (Å²) in [6.45, 7) is 5.13. The van der Waals surface area contributed by atoms with Crippen LogP contribution < -0.4 is 4.90 Å². The Morgan fingerprint density at radius 1 is 1.11 bits per heavy atom. The number of anilines is 1. The van der Waals surface area contributed by atoms with Gasteiger partial charge < -0.3 is 19.6 Å². The second kappa shape index (κ2) is 10.1. The minimum absolute atomic E-state index is 0.0280. The van der Waals surface area contributed by atoms with Crippen molar-refractivity contribution in [2.24, 2.45) is 11.8 Å². The molecule has 1 spiro atoms. The Morgan fingerprint density at radius 3 is 2.64 bits per heavy atom. The zero-order valence-electron chi connectivity index (χ0n) is 20.9. The van der Waals surface area contributed by atoms with Crippen molar-refractivity contribution in [3.8, 4) is 0 Å². The lowest BCUT2D eigenvalue weighted by atomic mass is 9.78. The number of benzene rings is 1. The van der Waals surface area contributed by atoms with Crippen LogP contribution in [-0.2, 0) is 19.1 Å². The Balaban J connectivity index is 1.61. The van der Waals surface area contributed by atoms with Gasteiger partial charge in [-0.1, -0.05) is 42.5 Å².